The number of hydrogen-bond donors (Lipinski definition) is 1. The summed E-state index contributed by atoms with van der Waals surface area (Å²) < 4.78 is 5.85. The van der Waals surface area contributed by atoms with Crippen molar-refractivity contribution in [2.45, 2.75) is 71.5 Å². The van der Waals surface area contributed by atoms with Gasteiger partial charge in [-0.25, -0.2) is 0 Å². The smallest absolute Gasteiger partial charge is 0.261 e. The number of nitrogens with zero attached hydrogens (tertiary/aromatic N) is 1. The van der Waals surface area contributed by atoms with E-state index in [1.807, 2.05) is 44.2 Å². The Bertz CT molecular complexity index is 923. The van der Waals surface area contributed by atoms with Crippen molar-refractivity contribution in [3.8, 4) is 5.75 Å². The van der Waals surface area contributed by atoms with E-state index < -0.39 is 6.04 Å². The maximum absolute atomic E-state index is 13.2. The molecule has 1 aliphatic carbocycles. The molecule has 2 aromatic rings. The van der Waals surface area contributed by atoms with E-state index in [0.717, 1.165) is 42.4 Å². The number of ether oxygens (including phenoxy) is 1. The molecule has 0 spiro atoms. The number of aryl methyl sites for hydroxylation is 2. The first-order valence-corrected chi connectivity index (χ1v) is 11.8. The van der Waals surface area contributed by atoms with Crippen LogP contribution < -0.4 is 10.1 Å². The highest BCUT2D eigenvalue weighted by atomic mass is 35.5. The molecule has 172 valence electrons. The summed E-state index contributed by atoms with van der Waals surface area (Å²) in [6.45, 7) is 5.90. The van der Waals surface area contributed by atoms with E-state index in [4.69, 9.17) is 16.3 Å². The fourth-order valence-corrected chi connectivity index (χ4v) is 4.15. The first-order valence-electron chi connectivity index (χ1n) is 11.4. The molecule has 0 bridgehead atoms. The van der Waals surface area contributed by atoms with Gasteiger partial charge in [-0.2, -0.15) is 0 Å². The second-order valence-corrected chi connectivity index (χ2v) is 9.16. The first-order chi connectivity index (χ1) is 15.3. The van der Waals surface area contributed by atoms with Crippen molar-refractivity contribution in [3.63, 3.8) is 0 Å². The fourth-order valence-electron chi connectivity index (χ4n) is 4.02. The molecule has 32 heavy (non-hydrogen) atoms. The van der Waals surface area contributed by atoms with Crippen LogP contribution in [0, 0.1) is 13.8 Å². The minimum Gasteiger partial charge on any atom is -0.483 e. The summed E-state index contributed by atoms with van der Waals surface area (Å²) in [7, 11) is 0. The number of halogens is 1. The third-order valence-corrected chi connectivity index (χ3v) is 6.33. The Hall–Kier alpha value is -2.53. The van der Waals surface area contributed by atoms with Crippen molar-refractivity contribution in [2.75, 3.05) is 6.61 Å². The molecule has 0 saturated heterocycles. The zero-order valence-electron chi connectivity index (χ0n) is 19.2. The van der Waals surface area contributed by atoms with Crippen LogP contribution >= 0.6 is 11.6 Å². The van der Waals surface area contributed by atoms with Crippen molar-refractivity contribution in [1.29, 1.82) is 0 Å². The molecule has 1 N–H and O–H groups in total. The number of rotatable bonds is 8. The molecule has 5 nitrogen and oxygen atoms in total. The molecule has 1 fully saturated rings. The Morgan fingerprint density at radius 1 is 1.09 bits per heavy atom. The van der Waals surface area contributed by atoms with Crippen LogP contribution in [0.5, 0.6) is 5.75 Å². The number of hydrogen-bond acceptors (Lipinski definition) is 3. The van der Waals surface area contributed by atoms with E-state index in [1.165, 1.54) is 6.42 Å². The molecule has 2 amide bonds. The highest BCUT2D eigenvalue weighted by Gasteiger charge is 2.28. The van der Waals surface area contributed by atoms with Crippen molar-refractivity contribution >= 4 is 23.4 Å². The highest BCUT2D eigenvalue weighted by molar-refractivity contribution is 6.30. The number of amides is 2. The van der Waals surface area contributed by atoms with Crippen LogP contribution in [0.3, 0.4) is 0 Å². The van der Waals surface area contributed by atoms with Crippen LogP contribution in [0.1, 0.15) is 55.7 Å². The number of nitrogens with one attached hydrogen (secondary N) is 1. The fraction of sp³-hybridized carbons (Fsp3) is 0.462. The predicted octanol–water partition coefficient (Wildman–Crippen LogP) is 5.20. The molecule has 6 heteroatoms. The lowest BCUT2D eigenvalue weighted by molar-refractivity contribution is -0.142. The summed E-state index contributed by atoms with van der Waals surface area (Å²) in [5.74, 6) is 0.335. The number of carbonyl (C=O) groups excluding carboxylic acids is 2. The normalized spacial score (nSPS) is 15.1. The lowest BCUT2D eigenvalue weighted by atomic mass is 9.95. The summed E-state index contributed by atoms with van der Waals surface area (Å²) >= 11 is 6.01. The van der Waals surface area contributed by atoms with Crippen LogP contribution in [-0.2, 0) is 16.1 Å². The van der Waals surface area contributed by atoms with E-state index in [0.29, 0.717) is 17.3 Å². The van der Waals surface area contributed by atoms with Gasteiger partial charge >= 0.3 is 0 Å². The monoisotopic (exact) mass is 456 g/mol. The Morgan fingerprint density at radius 2 is 1.78 bits per heavy atom. The molecule has 0 aromatic heterocycles. The minimum atomic E-state index is -0.609. The molecule has 1 unspecified atom stereocenters. The van der Waals surface area contributed by atoms with Crippen molar-refractivity contribution in [1.82, 2.24) is 10.2 Å². The van der Waals surface area contributed by atoms with Crippen molar-refractivity contribution in [2.24, 2.45) is 0 Å². The van der Waals surface area contributed by atoms with Gasteiger partial charge in [-0.15, -0.1) is 0 Å². The average Bonchev–Trinajstić information content (AvgIpc) is 2.79. The zero-order valence-corrected chi connectivity index (χ0v) is 20.0. The van der Waals surface area contributed by atoms with Gasteiger partial charge in [-0.05, 0) is 68.5 Å². The third-order valence-electron chi connectivity index (χ3n) is 6.08. The zero-order chi connectivity index (χ0) is 23.1. The standard InChI is InChI=1S/C26H33ClN2O3/c1-18-9-10-19(2)24(15-18)32-17-25(30)29(16-21-11-13-22(27)14-12-21)20(3)26(31)28-23-7-5-4-6-8-23/h9-15,20,23H,4-8,16-17H2,1-3H3,(H,28,31). The number of carbonyl (C=O) groups is 2. The summed E-state index contributed by atoms with van der Waals surface area (Å²) in [5.41, 5.74) is 2.94. The van der Waals surface area contributed by atoms with E-state index in [1.54, 1.807) is 24.0 Å². The van der Waals surface area contributed by atoms with E-state index in [2.05, 4.69) is 5.32 Å². The summed E-state index contributed by atoms with van der Waals surface area (Å²) in [5, 5.41) is 3.78. The maximum Gasteiger partial charge on any atom is 0.261 e. The van der Waals surface area contributed by atoms with Crippen LogP contribution in [0.4, 0.5) is 0 Å². The van der Waals surface area contributed by atoms with Gasteiger partial charge in [0.25, 0.3) is 5.91 Å². The van der Waals surface area contributed by atoms with Gasteiger partial charge in [-0.1, -0.05) is 55.1 Å². The Kier molecular flexibility index (Phi) is 8.57. The minimum absolute atomic E-state index is 0.119. The van der Waals surface area contributed by atoms with E-state index in [-0.39, 0.29) is 24.5 Å². The average molecular weight is 457 g/mol. The van der Waals surface area contributed by atoms with Crippen LogP contribution in [0.15, 0.2) is 42.5 Å². The van der Waals surface area contributed by atoms with Crippen molar-refractivity contribution in [3.05, 3.63) is 64.2 Å². The molecule has 2 aromatic carbocycles. The molecule has 1 saturated carbocycles. The predicted molar refractivity (Wildman–Crippen MR) is 128 cm³/mol. The second kappa shape index (κ2) is 11.4. The lowest BCUT2D eigenvalue weighted by Gasteiger charge is -2.31. The first kappa shape index (κ1) is 24.1. The van der Waals surface area contributed by atoms with Gasteiger partial charge in [0, 0.05) is 17.6 Å². The lowest BCUT2D eigenvalue weighted by Crippen LogP contribution is -2.51. The molecule has 1 aliphatic rings. The topological polar surface area (TPSA) is 58.6 Å². The summed E-state index contributed by atoms with van der Waals surface area (Å²) in [4.78, 5) is 27.8. The Morgan fingerprint density at radius 3 is 2.47 bits per heavy atom. The molecular weight excluding hydrogens is 424 g/mol. The molecular formula is C26H33ClN2O3. The Labute approximate surface area is 196 Å². The highest BCUT2D eigenvalue weighted by Crippen LogP contribution is 2.21. The van der Waals surface area contributed by atoms with Gasteiger partial charge in [-0.3, -0.25) is 9.59 Å². The molecule has 3 rings (SSSR count). The van der Waals surface area contributed by atoms with Gasteiger partial charge in [0.05, 0.1) is 0 Å². The van der Waals surface area contributed by atoms with E-state index >= 15 is 0 Å². The van der Waals surface area contributed by atoms with Gasteiger partial charge in [0.2, 0.25) is 5.91 Å². The number of benzene rings is 2. The quantitative estimate of drug-likeness (QED) is 0.593. The second-order valence-electron chi connectivity index (χ2n) is 8.73. The summed E-state index contributed by atoms with van der Waals surface area (Å²) in [6, 6.07) is 12.8. The third kappa shape index (κ3) is 6.73. The molecule has 0 heterocycles. The maximum atomic E-state index is 13.2. The molecule has 0 radical (unpaired) electrons. The molecule has 1 atom stereocenters. The van der Waals surface area contributed by atoms with Gasteiger partial charge in [0.1, 0.15) is 11.8 Å². The summed E-state index contributed by atoms with van der Waals surface area (Å²) in [6.07, 6.45) is 5.49. The van der Waals surface area contributed by atoms with Crippen LogP contribution in [0.25, 0.3) is 0 Å². The Balaban J connectivity index is 1.72. The molecule has 0 aliphatic heterocycles. The van der Waals surface area contributed by atoms with Crippen molar-refractivity contribution < 1.29 is 14.3 Å². The van der Waals surface area contributed by atoms with E-state index in [9.17, 15) is 9.59 Å². The van der Waals surface area contributed by atoms with Crippen LogP contribution in [-0.4, -0.2) is 35.4 Å². The SMILES string of the molecule is Cc1ccc(C)c(OCC(=O)N(Cc2ccc(Cl)cc2)C(C)C(=O)NC2CCCCC2)c1. The van der Waals surface area contributed by atoms with Crippen LogP contribution in [0.2, 0.25) is 5.02 Å². The largest absolute Gasteiger partial charge is 0.483 e. The van der Waals surface area contributed by atoms with Gasteiger partial charge < -0.3 is 15.0 Å². The van der Waals surface area contributed by atoms with Gasteiger partial charge in [0.15, 0.2) is 6.61 Å².